The van der Waals surface area contributed by atoms with Gasteiger partial charge in [-0.1, -0.05) is 18.2 Å². The predicted molar refractivity (Wildman–Crippen MR) is 109 cm³/mol. The molecule has 2 saturated heterocycles. The summed E-state index contributed by atoms with van der Waals surface area (Å²) in [5.74, 6) is 0. The third-order valence-corrected chi connectivity index (χ3v) is 7.61. The van der Waals surface area contributed by atoms with Crippen molar-refractivity contribution < 1.29 is 13.5 Å². The van der Waals surface area contributed by atoms with Gasteiger partial charge in [0.25, 0.3) is 5.56 Å². The second kappa shape index (κ2) is 8.25. The average molecular weight is 419 g/mol. The zero-order valence-electron chi connectivity index (χ0n) is 16.2. The van der Waals surface area contributed by atoms with Crippen molar-refractivity contribution in [1.82, 2.24) is 14.1 Å². The van der Waals surface area contributed by atoms with Gasteiger partial charge in [0.05, 0.1) is 28.9 Å². The minimum atomic E-state index is -3.59. The van der Waals surface area contributed by atoms with Crippen LogP contribution in [0.5, 0.6) is 0 Å². The summed E-state index contributed by atoms with van der Waals surface area (Å²) in [7, 11) is -3.59. The molecule has 9 heteroatoms. The summed E-state index contributed by atoms with van der Waals surface area (Å²) in [6, 6.07) is 9.66. The molecule has 4 rings (SSSR count). The highest BCUT2D eigenvalue weighted by Crippen LogP contribution is 2.26. The van der Waals surface area contributed by atoms with Crippen molar-refractivity contribution in [2.24, 2.45) is 0 Å². The lowest BCUT2D eigenvalue weighted by Gasteiger charge is -2.33. The Morgan fingerprint density at radius 3 is 2.45 bits per heavy atom. The van der Waals surface area contributed by atoms with Gasteiger partial charge in [0.2, 0.25) is 10.0 Å². The molecule has 0 amide bonds. The highest BCUT2D eigenvalue weighted by Gasteiger charge is 2.32. The molecular formula is C20H26N4O4S. The number of anilines is 1. The van der Waals surface area contributed by atoms with Crippen molar-refractivity contribution in [2.75, 3.05) is 31.1 Å². The number of piperidine rings is 2. The summed E-state index contributed by atoms with van der Waals surface area (Å²) in [5.41, 5.74) is 0.528. The summed E-state index contributed by atoms with van der Waals surface area (Å²) in [4.78, 5) is 15.1. The van der Waals surface area contributed by atoms with Crippen LogP contribution in [-0.4, -0.2) is 59.9 Å². The fraction of sp³-hybridized carbons (Fsp3) is 0.500. The second-order valence-electron chi connectivity index (χ2n) is 7.69. The number of nitrogens with zero attached hydrogens (tertiary/aromatic N) is 4. The van der Waals surface area contributed by atoms with E-state index in [0.717, 1.165) is 5.69 Å². The van der Waals surface area contributed by atoms with Gasteiger partial charge in [-0.25, -0.2) is 13.1 Å². The first-order valence-corrected chi connectivity index (χ1v) is 11.5. The van der Waals surface area contributed by atoms with Gasteiger partial charge in [-0.05, 0) is 37.8 Å². The maximum absolute atomic E-state index is 12.9. The van der Waals surface area contributed by atoms with E-state index < -0.39 is 10.0 Å². The van der Waals surface area contributed by atoms with Crippen LogP contribution in [0.2, 0.25) is 0 Å². The molecule has 2 fully saturated rings. The van der Waals surface area contributed by atoms with Crippen LogP contribution in [0.15, 0.2) is 52.3 Å². The zero-order valence-corrected chi connectivity index (χ0v) is 17.0. The number of aliphatic hydroxyl groups excluding tert-OH is 1. The second-order valence-corrected chi connectivity index (χ2v) is 9.62. The zero-order chi connectivity index (χ0) is 20.4. The molecule has 1 aromatic carbocycles. The van der Waals surface area contributed by atoms with Crippen LogP contribution in [0.1, 0.15) is 31.7 Å². The van der Waals surface area contributed by atoms with Crippen molar-refractivity contribution in [2.45, 2.75) is 42.7 Å². The molecule has 0 spiro atoms. The topological polar surface area (TPSA) is 95.7 Å². The van der Waals surface area contributed by atoms with Gasteiger partial charge >= 0.3 is 0 Å². The molecule has 0 radical (unpaired) electrons. The predicted octanol–water partition coefficient (Wildman–Crippen LogP) is 1.23. The van der Waals surface area contributed by atoms with Crippen LogP contribution in [0.3, 0.4) is 0 Å². The van der Waals surface area contributed by atoms with Crippen LogP contribution in [0.25, 0.3) is 0 Å². The fourth-order valence-electron chi connectivity index (χ4n) is 4.06. The molecule has 3 heterocycles. The van der Waals surface area contributed by atoms with E-state index >= 15 is 0 Å². The monoisotopic (exact) mass is 418 g/mol. The molecule has 1 aromatic heterocycles. The largest absolute Gasteiger partial charge is 0.393 e. The van der Waals surface area contributed by atoms with E-state index in [1.807, 2.05) is 0 Å². The van der Waals surface area contributed by atoms with E-state index in [1.54, 1.807) is 42.6 Å². The van der Waals surface area contributed by atoms with Crippen molar-refractivity contribution >= 4 is 15.7 Å². The first kappa shape index (κ1) is 20.1. The van der Waals surface area contributed by atoms with E-state index in [4.69, 9.17) is 0 Å². The molecule has 0 bridgehead atoms. The van der Waals surface area contributed by atoms with Crippen LogP contribution in [0, 0.1) is 0 Å². The Bertz CT molecular complexity index is 1000. The highest BCUT2D eigenvalue weighted by atomic mass is 32.2. The number of aliphatic hydroxyl groups is 1. The average Bonchev–Trinajstić information content (AvgIpc) is 2.75. The van der Waals surface area contributed by atoms with Crippen LogP contribution < -0.4 is 10.5 Å². The Morgan fingerprint density at radius 1 is 1.03 bits per heavy atom. The summed E-state index contributed by atoms with van der Waals surface area (Å²) >= 11 is 0. The van der Waals surface area contributed by atoms with Crippen molar-refractivity contribution in [3.8, 4) is 0 Å². The number of benzene rings is 1. The normalized spacial score (nSPS) is 22.0. The van der Waals surface area contributed by atoms with Gasteiger partial charge in [-0.15, -0.1) is 0 Å². The summed E-state index contributed by atoms with van der Waals surface area (Å²) in [6.45, 7) is 2.06. The maximum Gasteiger partial charge on any atom is 0.269 e. The summed E-state index contributed by atoms with van der Waals surface area (Å²) in [5, 5.41) is 14.0. The smallest absolute Gasteiger partial charge is 0.269 e. The van der Waals surface area contributed by atoms with E-state index in [2.05, 4.69) is 10.00 Å². The van der Waals surface area contributed by atoms with Gasteiger partial charge < -0.3 is 10.0 Å². The molecule has 0 unspecified atom stereocenters. The molecule has 0 aliphatic carbocycles. The molecule has 156 valence electrons. The van der Waals surface area contributed by atoms with Gasteiger partial charge in [0, 0.05) is 32.2 Å². The lowest BCUT2D eigenvalue weighted by molar-refractivity contribution is 0.145. The molecule has 2 aliphatic heterocycles. The number of rotatable bonds is 4. The minimum Gasteiger partial charge on any atom is -0.393 e. The third-order valence-electron chi connectivity index (χ3n) is 5.73. The van der Waals surface area contributed by atoms with Crippen molar-refractivity contribution in [3.05, 3.63) is 52.9 Å². The molecule has 1 N–H and O–H groups in total. The van der Waals surface area contributed by atoms with E-state index in [9.17, 15) is 18.3 Å². The molecule has 2 aliphatic rings. The quantitative estimate of drug-likeness (QED) is 0.802. The molecule has 1 atom stereocenters. The van der Waals surface area contributed by atoms with E-state index in [0.29, 0.717) is 45.3 Å². The molecular weight excluding hydrogens is 392 g/mol. The van der Waals surface area contributed by atoms with Gasteiger partial charge in [-0.3, -0.25) is 4.79 Å². The number of sulfonamides is 1. The lowest BCUT2D eigenvalue weighted by Crippen LogP contribution is -2.43. The van der Waals surface area contributed by atoms with Gasteiger partial charge in [-0.2, -0.15) is 9.40 Å². The maximum atomic E-state index is 12.9. The van der Waals surface area contributed by atoms with Gasteiger partial charge in [0.15, 0.2) is 0 Å². The molecule has 0 saturated carbocycles. The molecule has 8 nitrogen and oxygen atoms in total. The third kappa shape index (κ3) is 4.22. The first-order chi connectivity index (χ1) is 13.9. The number of hydrogen-bond donors (Lipinski definition) is 1. The standard InChI is InChI=1S/C20H26N4O4S/c25-18-8-11-22(12-9-18)17-13-20(26)24(21-14-17)16-5-4-10-23(15-16)29(27,28)19-6-2-1-3-7-19/h1-3,6-7,13-14,16,18,25H,4-5,8-12,15H2/t16-/m0/s1. The Morgan fingerprint density at radius 2 is 1.76 bits per heavy atom. The van der Waals surface area contributed by atoms with Crippen LogP contribution in [0.4, 0.5) is 5.69 Å². The van der Waals surface area contributed by atoms with Gasteiger partial charge in [0.1, 0.15) is 0 Å². The Balaban J connectivity index is 1.52. The Hall–Kier alpha value is -2.23. The Kier molecular flexibility index (Phi) is 5.71. The fourth-order valence-corrected chi connectivity index (χ4v) is 5.60. The van der Waals surface area contributed by atoms with Crippen LogP contribution in [-0.2, 0) is 10.0 Å². The number of aromatic nitrogens is 2. The van der Waals surface area contributed by atoms with Crippen molar-refractivity contribution in [3.63, 3.8) is 0 Å². The lowest BCUT2D eigenvalue weighted by atomic mass is 10.1. The molecule has 2 aromatic rings. The first-order valence-electron chi connectivity index (χ1n) is 10.0. The SMILES string of the molecule is O=c1cc(N2CCC(O)CC2)cnn1[C@H]1CCCN(S(=O)(=O)c2ccccc2)C1. The summed E-state index contributed by atoms with van der Waals surface area (Å²) in [6.07, 6.45) is 4.14. The number of hydrogen-bond acceptors (Lipinski definition) is 6. The van der Waals surface area contributed by atoms with E-state index in [-0.39, 0.29) is 29.1 Å². The Labute approximate surface area is 170 Å². The van der Waals surface area contributed by atoms with E-state index in [1.165, 1.54) is 8.99 Å². The highest BCUT2D eigenvalue weighted by molar-refractivity contribution is 7.89. The summed E-state index contributed by atoms with van der Waals surface area (Å²) < 4.78 is 28.7. The van der Waals surface area contributed by atoms with Crippen LogP contribution >= 0.6 is 0 Å². The molecule has 29 heavy (non-hydrogen) atoms. The minimum absolute atomic E-state index is 0.224. The van der Waals surface area contributed by atoms with Crippen molar-refractivity contribution in [1.29, 1.82) is 0 Å².